The topological polar surface area (TPSA) is 51.8 Å². The lowest BCUT2D eigenvalue weighted by molar-refractivity contribution is 0.660. The van der Waals surface area contributed by atoms with E-state index in [0.29, 0.717) is 5.82 Å². The second kappa shape index (κ2) is 13.9. The van der Waals surface area contributed by atoms with E-state index >= 15 is 0 Å². The number of aromatic nitrogens is 3. The van der Waals surface area contributed by atoms with Crippen LogP contribution in [0.3, 0.4) is 0 Å². The van der Waals surface area contributed by atoms with E-state index < -0.39 is 0 Å². The standard InChI is InChI=1S/C60H39N3O/c1-60(2)50-25-13-10-22-43(50)44-29-28-37(34-51(44)60)39-32-38-18-6-7-19-40(38)49(33-39)54-35-53(62-59(63-54)36-16-4-3-5-17-36)45-30-31-46(42-21-9-8-20-41(42)45)57-56-48-24-12-15-27-55(48)64-58(56)47-23-11-14-26-52(47)61-57/h3-35H,1-2H3. The van der Waals surface area contributed by atoms with Gasteiger partial charge in [0, 0.05) is 38.4 Å². The van der Waals surface area contributed by atoms with Crippen LogP contribution in [0, 0.1) is 0 Å². The number of para-hydroxylation sites is 2. The van der Waals surface area contributed by atoms with Gasteiger partial charge < -0.3 is 4.42 Å². The first-order valence-electron chi connectivity index (χ1n) is 21.9. The van der Waals surface area contributed by atoms with Crippen molar-refractivity contribution in [3.8, 4) is 67.4 Å². The largest absolute Gasteiger partial charge is 0.455 e. The molecule has 0 radical (unpaired) electrons. The Kier molecular flexibility index (Phi) is 7.92. The van der Waals surface area contributed by atoms with Gasteiger partial charge in [-0.3, -0.25) is 0 Å². The van der Waals surface area contributed by atoms with E-state index in [1.165, 1.54) is 27.8 Å². The fourth-order valence-corrected chi connectivity index (χ4v) is 10.3. The molecule has 0 saturated heterocycles. The van der Waals surface area contributed by atoms with Crippen molar-refractivity contribution in [2.24, 2.45) is 0 Å². The number of fused-ring (bicyclic) bond motifs is 10. The third kappa shape index (κ3) is 5.52. The molecular weight excluding hydrogens is 779 g/mol. The Balaban J connectivity index is 1.02. The molecule has 9 aromatic carbocycles. The summed E-state index contributed by atoms with van der Waals surface area (Å²) in [6.45, 7) is 4.69. The highest BCUT2D eigenvalue weighted by Crippen LogP contribution is 2.50. The van der Waals surface area contributed by atoms with Crippen LogP contribution in [0.1, 0.15) is 25.0 Å². The second-order valence-electron chi connectivity index (χ2n) is 17.5. The van der Waals surface area contributed by atoms with Crippen molar-refractivity contribution >= 4 is 54.4 Å². The molecule has 0 aliphatic heterocycles. The highest BCUT2D eigenvalue weighted by Gasteiger charge is 2.35. The van der Waals surface area contributed by atoms with Gasteiger partial charge in [0.2, 0.25) is 0 Å². The number of pyridine rings is 1. The zero-order chi connectivity index (χ0) is 42.5. The maximum Gasteiger partial charge on any atom is 0.160 e. The number of furan rings is 1. The fourth-order valence-electron chi connectivity index (χ4n) is 10.3. The smallest absolute Gasteiger partial charge is 0.160 e. The number of hydrogen-bond donors (Lipinski definition) is 0. The third-order valence-corrected chi connectivity index (χ3v) is 13.5. The van der Waals surface area contributed by atoms with E-state index in [9.17, 15) is 0 Å². The maximum absolute atomic E-state index is 6.60. The van der Waals surface area contributed by atoms with E-state index in [4.69, 9.17) is 19.4 Å². The second-order valence-corrected chi connectivity index (χ2v) is 17.5. The molecule has 0 fully saturated rings. The molecule has 4 heteroatoms. The Hall–Kier alpha value is -8.21. The normalized spacial score (nSPS) is 13.0. The van der Waals surface area contributed by atoms with Gasteiger partial charge in [0.1, 0.15) is 11.2 Å². The van der Waals surface area contributed by atoms with Crippen molar-refractivity contribution in [2.45, 2.75) is 19.3 Å². The first-order valence-corrected chi connectivity index (χ1v) is 21.9. The first-order chi connectivity index (χ1) is 31.5. The summed E-state index contributed by atoms with van der Waals surface area (Å²) in [4.78, 5) is 16.1. The van der Waals surface area contributed by atoms with Gasteiger partial charge in [-0.25, -0.2) is 15.0 Å². The average Bonchev–Trinajstić information content (AvgIpc) is 3.86. The summed E-state index contributed by atoms with van der Waals surface area (Å²) < 4.78 is 6.60. The summed E-state index contributed by atoms with van der Waals surface area (Å²) in [6, 6.07) is 71.2. The zero-order valence-corrected chi connectivity index (χ0v) is 35.3. The molecule has 0 N–H and O–H groups in total. The quantitative estimate of drug-likeness (QED) is 0.174. The fraction of sp³-hybridized carbons (Fsp3) is 0.0500. The van der Waals surface area contributed by atoms with Crippen LogP contribution in [0.2, 0.25) is 0 Å². The van der Waals surface area contributed by atoms with Crippen LogP contribution in [0.4, 0.5) is 0 Å². The molecule has 0 amide bonds. The van der Waals surface area contributed by atoms with Crippen LogP contribution in [0.5, 0.6) is 0 Å². The third-order valence-electron chi connectivity index (χ3n) is 13.5. The highest BCUT2D eigenvalue weighted by molar-refractivity contribution is 6.21. The summed E-state index contributed by atoms with van der Waals surface area (Å²) in [5, 5.41) is 7.55. The van der Waals surface area contributed by atoms with Crippen LogP contribution in [-0.4, -0.2) is 15.0 Å². The molecule has 3 aromatic heterocycles. The molecular formula is C60H39N3O. The van der Waals surface area contributed by atoms with E-state index in [2.05, 4.69) is 184 Å². The van der Waals surface area contributed by atoms with Gasteiger partial charge in [-0.05, 0) is 97.4 Å². The van der Waals surface area contributed by atoms with Gasteiger partial charge in [0.05, 0.1) is 28.0 Å². The Bertz CT molecular complexity index is 3880. The predicted molar refractivity (Wildman–Crippen MR) is 264 cm³/mol. The molecule has 12 aromatic rings. The van der Waals surface area contributed by atoms with Crippen LogP contribution < -0.4 is 0 Å². The molecule has 1 aliphatic rings. The van der Waals surface area contributed by atoms with Gasteiger partial charge in [0.15, 0.2) is 5.82 Å². The Morgan fingerprint density at radius 2 is 1.02 bits per heavy atom. The lowest BCUT2D eigenvalue weighted by atomic mass is 9.81. The Labute approximate surface area is 370 Å². The molecule has 3 heterocycles. The van der Waals surface area contributed by atoms with Crippen molar-refractivity contribution in [1.82, 2.24) is 15.0 Å². The number of benzene rings is 9. The molecule has 1 aliphatic carbocycles. The van der Waals surface area contributed by atoms with E-state index in [1.54, 1.807) is 0 Å². The van der Waals surface area contributed by atoms with Crippen LogP contribution in [0.15, 0.2) is 205 Å². The van der Waals surface area contributed by atoms with Crippen molar-refractivity contribution < 1.29 is 4.42 Å². The molecule has 0 bridgehead atoms. The Morgan fingerprint density at radius 1 is 0.391 bits per heavy atom. The van der Waals surface area contributed by atoms with Crippen LogP contribution >= 0.6 is 0 Å². The van der Waals surface area contributed by atoms with Gasteiger partial charge in [-0.2, -0.15) is 0 Å². The number of nitrogens with zero attached hydrogens (tertiary/aromatic N) is 3. The number of hydrogen-bond acceptors (Lipinski definition) is 4. The molecule has 300 valence electrons. The average molecular weight is 818 g/mol. The molecule has 64 heavy (non-hydrogen) atoms. The van der Waals surface area contributed by atoms with Crippen molar-refractivity contribution in [3.05, 3.63) is 211 Å². The lowest BCUT2D eigenvalue weighted by Crippen LogP contribution is -2.14. The summed E-state index contributed by atoms with van der Waals surface area (Å²) >= 11 is 0. The minimum absolute atomic E-state index is 0.102. The van der Waals surface area contributed by atoms with Crippen molar-refractivity contribution in [3.63, 3.8) is 0 Å². The molecule has 0 atom stereocenters. The Morgan fingerprint density at radius 3 is 1.86 bits per heavy atom. The highest BCUT2D eigenvalue weighted by atomic mass is 16.3. The number of rotatable bonds is 5. The lowest BCUT2D eigenvalue weighted by Gasteiger charge is -2.22. The van der Waals surface area contributed by atoms with Crippen molar-refractivity contribution in [1.29, 1.82) is 0 Å². The van der Waals surface area contributed by atoms with Crippen LogP contribution in [0.25, 0.3) is 122 Å². The molecule has 13 rings (SSSR count). The van der Waals surface area contributed by atoms with Gasteiger partial charge >= 0.3 is 0 Å². The van der Waals surface area contributed by atoms with E-state index in [1.807, 2.05) is 30.3 Å². The van der Waals surface area contributed by atoms with E-state index in [-0.39, 0.29) is 5.41 Å². The maximum atomic E-state index is 6.60. The minimum Gasteiger partial charge on any atom is -0.455 e. The summed E-state index contributed by atoms with van der Waals surface area (Å²) in [5.74, 6) is 0.676. The van der Waals surface area contributed by atoms with Gasteiger partial charge in [0.25, 0.3) is 0 Å². The van der Waals surface area contributed by atoms with E-state index in [0.717, 1.165) is 99.3 Å². The van der Waals surface area contributed by atoms with Gasteiger partial charge in [-0.1, -0.05) is 172 Å². The first kappa shape index (κ1) is 36.4. The van der Waals surface area contributed by atoms with Crippen LogP contribution in [-0.2, 0) is 5.41 Å². The SMILES string of the molecule is CC1(C)c2ccccc2-c2ccc(-c3cc(-c4cc(-c5ccc(-c6nc7ccccc7c7oc8ccccc8c67)c6ccccc56)nc(-c5ccccc5)n4)c4ccccc4c3)cc21. The molecule has 0 spiro atoms. The molecule has 4 nitrogen and oxygen atoms in total. The monoisotopic (exact) mass is 817 g/mol. The van der Waals surface area contributed by atoms with Crippen molar-refractivity contribution in [2.75, 3.05) is 0 Å². The zero-order valence-electron chi connectivity index (χ0n) is 35.3. The predicted octanol–water partition coefficient (Wildman–Crippen LogP) is 15.9. The summed E-state index contributed by atoms with van der Waals surface area (Å²) in [7, 11) is 0. The molecule has 0 saturated carbocycles. The van der Waals surface area contributed by atoms with Gasteiger partial charge in [-0.15, -0.1) is 0 Å². The molecule has 0 unspecified atom stereocenters. The summed E-state index contributed by atoms with van der Waals surface area (Å²) in [5.41, 5.74) is 16.9. The summed E-state index contributed by atoms with van der Waals surface area (Å²) in [6.07, 6.45) is 0. The minimum atomic E-state index is -0.102.